The van der Waals surface area contributed by atoms with Crippen LogP contribution in [0.15, 0.2) is 47.6 Å². The van der Waals surface area contributed by atoms with E-state index >= 15 is 0 Å². The van der Waals surface area contributed by atoms with Crippen molar-refractivity contribution in [3.63, 3.8) is 0 Å². The molecule has 0 aliphatic carbocycles. The van der Waals surface area contributed by atoms with Crippen LogP contribution in [-0.4, -0.2) is 27.4 Å². The Labute approximate surface area is 183 Å². The summed E-state index contributed by atoms with van der Waals surface area (Å²) in [4.78, 5) is 44.6. The third kappa shape index (κ3) is 6.97. The Morgan fingerprint density at radius 3 is 2.22 bits per heavy atom. The van der Waals surface area contributed by atoms with Crippen molar-refractivity contribution in [3.05, 3.63) is 73.8 Å². The standard InChI is InChI=1S/C21H23N5O6/c1-13(2)15-4-7-17(8-5-15)22-20(27)10-14(3)23-24-21(28)11-16-6-9-18(25(29)30)12-19(16)26(31)32/h4-9,12-13H,10-11H2,1-3H3,(H,22,27)(H,24,28)/b23-14-. The van der Waals surface area contributed by atoms with Crippen molar-refractivity contribution in [2.24, 2.45) is 5.10 Å². The molecule has 0 radical (unpaired) electrons. The van der Waals surface area contributed by atoms with E-state index in [1.807, 2.05) is 12.1 Å². The van der Waals surface area contributed by atoms with Gasteiger partial charge in [-0.1, -0.05) is 26.0 Å². The molecule has 0 fully saturated rings. The van der Waals surface area contributed by atoms with Crippen LogP contribution in [0, 0.1) is 20.2 Å². The number of rotatable bonds is 9. The Balaban J connectivity index is 1.93. The predicted molar refractivity (Wildman–Crippen MR) is 118 cm³/mol. The highest BCUT2D eigenvalue weighted by Gasteiger charge is 2.21. The highest BCUT2D eigenvalue weighted by molar-refractivity contribution is 6.05. The summed E-state index contributed by atoms with van der Waals surface area (Å²) in [6.45, 7) is 5.69. The molecular formula is C21H23N5O6. The van der Waals surface area contributed by atoms with Gasteiger partial charge in [0.2, 0.25) is 11.8 Å². The molecule has 2 N–H and O–H groups in total. The summed E-state index contributed by atoms with van der Waals surface area (Å²) in [5.41, 5.74) is 3.39. The van der Waals surface area contributed by atoms with Crippen LogP contribution in [0.1, 0.15) is 44.2 Å². The number of nitrogens with zero attached hydrogens (tertiary/aromatic N) is 3. The zero-order valence-electron chi connectivity index (χ0n) is 17.8. The van der Waals surface area contributed by atoms with Crippen molar-refractivity contribution < 1.29 is 19.4 Å². The summed E-state index contributed by atoms with van der Waals surface area (Å²) in [6, 6.07) is 10.5. The Bertz CT molecular complexity index is 1060. The number of carbonyl (C=O) groups excluding carboxylic acids is 2. The number of nitrogens with one attached hydrogen (secondary N) is 2. The van der Waals surface area contributed by atoms with Gasteiger partial charge in [0.25, 0.3) is 11.4 Å². The van der Waals surface area contributed by atoms with Crippen LogP contribution in [0.5, 0.6) is 0 Å². The van der Waals surface area contributed by atoms with Crippen molar-refractivity contribution in [3.8, 4) is 0 Å². The highest BCUT2D eigenvalue weighted by Crippen LogP contribution is 2.25. The fraction of sp³-hybridized carbons (Fsp3) is 0.286. The van der Waals surface area contributed by atoms with Crippen LogP contribution >= 0.6 is 0 Å². The monoisotopic (exact) mass is 441 g/mol. The van der Waals surface area contributed by atoms with E-state index in [1.54, 1.807) is 19.1 Å². The molecular weight excluding hydrogens is 418 g/mol. The second-order valence-corrected chi connectivity index (χ2v) is 7.39. The topological polar surface area (TPSA) is 157 Å². The number of hydrogen-bond acceptors (Lipinski definition) is 7. The van der Waals surface area contributed by atoms with Crippen LogP contribution < -0.4 is 10.7 Å². The van der Waals surface area contributed by atoms with Crippen LogP contribution in [-0.2, 0) is 16.0 Å². The first-order valence-corrected chi connectivity index (χ1v) is 9.70. The molecule has 2 aromatic rings. The maximum Gasteiger partial charge on any atom is 0.279 e. The van der Waals surface area contributed by atoms with Gasteiger partial charge in [-0.3, -0.25) is 29.8 Å². The second kappa shape index (κ2) is 10.8. The maximum atomic E-state index is 12.1. The molecule has 0 unspecified atom stereocenters. The van der Waals surface area contributed by atoms with E-state index in [-0.39, 0.29) is 17.9 Å². The zero-order valence-corrected chi connectivity index (χ0v) is 17.8. The summed E-state index contributed by atoms with van der Waals surface area (Å²) in [6.07, 6.45) is -0.469. The molecule has 11 heteroatoms. The highest BCUT2D eigenvalue weighted by atomic mass is 16.6. The first kappa shape index (κ1) is 24.1. The molecule has 32 heavy (non-hydrogen) atoms. The summed E-state index contributed by atoms with van der Waals surface area (Å²) in [5.74, 6) is -0.597. The molecule has 11 nitrogen and oxygen atoms in total. The second-order valence-electron chi connectivity index (χ2n) is 7.39. The molecule has 0 atom stereocenters. The van der Waals surface area contributed by atoms with Gasteiger partial charge >= 0.3 is 0 Å². The van der Waals surface area contributed by atoms with E-state index in [0.717, 1.165) is 23.8 Å². The minimum atomic E-state index is -0.790. The molecule has 0 heterocycles. The molecule has 0 saturated carbocycles. The van der Waals surface area contributed by atoms with Gasteiger partial charge < -0.3 is 5.32 Å². The lowest BCUT2D eigenvalue weighted by Crippen LogP contribution is -2.23. The minimum Gasteiger partial charge on any atom is -0.326 e. The Hall–Kier alpha value is -4.15. The lowest BCUT2D eigenvalue weighted by molar-refractivity contribution is -0.394. The summed E-state index contributed by atoms with van der Waals surface area (Å²) in [7, 11) is 0. The minimum absolute atomic E-state index is 0.00791. The number of nitro benzene ring substituents is 2. The third-order valence-corrected chi connectivity index (χ3v) is 4.48. The summed E-state index contributed by atoms with van der Waals surface area (Å²) >= 11 is 0. The predicted octanol–water partition coefficient (Wildman–Crippen LogP) is 3.69. The van der Waals surface area contributed by atoms with Gasteiger partial charge in [0, 0.05) is 23.0 Å². The maximum absolute atomic E-state index is 12.1. The lowest BCUT2D eigenvalue weighted by Gasteiger charge is -2.08. The summed E-state index contributed by atoms with van der Waals surface area (Å²) < 4.78 is 0. The molecule has 2 rings (SSSR count). The van der Waals surface area contributed by atoms with Gasteiger partial charge in [-0.05, 0) is 36.6 Å². The Kier molecular flexibility index (Phi) is 8.11. The smallest absolute Gasteiger partial charge is 0.279 e. The number of benzene rings is 2. The molecule has 0 aliphatic rings. The third-order valence-electron chi connectivity index (χ3n) is 4.48. The quantitative estimate of drug-likeness (QED) is 0.343. The van der Waals surface area contributed by atoms with E-state index in [9.17, 15) is 29.8 Å². The molecule has 0 bridgehead atoms. The van der Waals surface area contributed by atoms with Crippen LogP contribution in [0.3, 0.4) is 0 Å². The van der Waals surface area contributed by atoms with Crippen LogP contribution in [0.4, 0.5) is 17.1 Å². The number of hydrogen-bond donors (Lipinski definition) is 2. The fourth-order valence-corrected chi connectivity index (χ4v) is 2.78. The molecule has 0 aromatic heterocycles. The normalized spacial score (nSPS) is 11.2. The molecule has 2 amide bonds. The van der Waals surface area contributed by atoms with Crippen molar-refractivity contribution in [2.75, 3.05) is 5.32 Å². The Morgan fingerprint density at radius 2 is 1.66 bits per heavy atom. The van der Waals surface area contributed by atoms with Gasteiger partial charge in [0.1, 0.15) is 0 Å². The molecule has 168 valence electrons. The van der Waals surface area contributed by atoms with E-state index in [2.05, 4.69) is 29.7 Å². The van der Waals surface area contributed by atoms with Gasteiger partial charge in [-0.15, -0.1) is 0 Å². The SMILES string of the molecule is C/C(CC(=O)Nc1ccc(C(C)C)cc1)=N/NC(=O)Cc1ccc([N+](=O)[O-])cc1[N+](=O)[O-]. The van der Waals surface area contributed by atoms with Gasteiger partial charge in [0.15, 0.2) is 0 Å². The van der Waals surface area contributed by atoms with E-state index < -0.39 is 33.5 Å². The number of amides is 2. The first-order valence-electron chi connectivity index (χ1n) is 9.70. The number of anilines is 1. The average molecular weight is 441 g/mol. The van der Waals surface area contributed by atoms with Gasteiger partial charge in [-0.25, -0.2) is 5.43 Å². The summed E-state index contributed by atoms with van der Waals surface area (Å²) in [5, 5.41) is 28.5. The van der Waals surface area contributed by atoms with Gasteiger partial charge in [0.05, 0.1) is 28.8 Å². The van der Waals surface area contributed by atoms with Crippen molar-refractivity contribution >= 4 is 34.6 Å². The van der Waals surface area contributed by atoms with Gasteiger partial charge in [-0.2, -0.15) is 5.10 Å². The number of nitro groups is 2. The molecule has 0 spiro atoms. The number of hydrazone groups is 1. The van der Waals surface area contributed by atoms with Crippen molar-refractivity contribution in [2.45, 2.75) is 39.5 Å². The Morgan fingerprint density at radius 1 is 1.00 bits per heavy atom. The number of non-ortho nitro benzene ring substituents is 1. The lowest BCUT2D eigenvalue weighted by atomic mass is 10.0. The van der Waals surface area contributed by atoms with Crippen LogP contribution in [0.2, 0.25) is 0 Å². The van der Waals surface area contributed by atoms with Crippen molar-refractivity contribution in [1.82, 2.24) is 5.43 Å². The largest absolute Gasteiger partial charge is 0.326 e. The van der Waals surface area contributed by atoms with E-state index in [0.29, 0.717) is 17.3 Å². The first-order chi connectivity index (χ1) is 15.1. The molecule has 0 aliphatic heterocycles. The number of carbonyl (C=O) groups is 2. The molecule has 0 saturated heterocycles. The molecule has 2 aromatic carbocycles. The van der Waals surface area contributed by atoms with Crippen LogP contribution in [0.25, 0.3) is 0 Å². The zero-order chi connectivity index (χ0) is 23.8. The fourth-order valence-electron chi connectivity index (χ4n) is 2.78. The van der Waals surface area contributed by atoms with E-state index in [4.69, 9.17) is 0 Å². The van der Waals surface area contributed by atoms with Crippen molar-refractivity contribution in [1.29, 1.82) is 0 Å². The average Bonchev–Trinajstić information content (AvgIpc) is 2.72. The van der Waals surface area contributed by atoms with E-state index in [1.165, 1.54) is 0 Å².